The summed E-state index contributed by atoms with van der Waals surface area (Å²) >= 11 is 0. The van der Waals surface area contributed by atoms with Crippen molar-refractivity contribution in [2.75, 3.05) is 6.61 Å². The summed E-state index contributed by atoms with van der Waals surface area (Å²) in [5.74, 6) is 1.07. The van der Waals surface area contributed by atoms with Crippen LogP contribution in [0.1, 0.15) is 11.1 Å². The van der Waals surface area contributed by atoms with E-state index in [9.17, 15) is 0 Å². The summed E-state index contributed by atoms with van der Waals surface area (Å²) < 4.78 is 5.54. The number of fused-ring (bicyclic) bond motifs is 2. The lowest BCUT2D eigenvalue weighted by Gasteiger charge is -2.03. The Balaban J connectivity index is 2.33. The fourth-order valence-corrected chi connectivity index (χ4v) is 2.04. The van der Waals surface area contributed by atoms with Crippen molar-refractivity contribution in [2.24, 2.45) is 0 Å². The Labute approximate surface area is 83.3 Å². The maximum atomic E-state index is 5.54. The zero-order valence-electron chi connectivity index (χ0n) is 8.21. The number of benzene rings is 2. The third-order valence-corrected chi connectivity index (χ3v) is 2.80. The van der Waals surface area contributed by atoms with Crippen LogP contribution in [0.25, 0.3) is 10.8 Å². The molecule has 2 aromatic rings. The number of ether oxygens (including phenoxy) is 1. The minimum atomic E-state index is 0.838. The first kappa shape index (κ1) is 7.86. The van der Waals surface area contributed by atoms with Crippen molar-refractivity contribution in [3.8, 4) is 5.75 Å². The summed E-state index contributed by atoms with van der Waals surface area (Å²) in [6.45, 7) is 2.97. The van der Waals surface area contributed by atoms with Crippen molar-refractivity contribution >= 4 is 10.8 Å². The van der Waals surface area contributed by atoms with Gasteiger partial charge in [-0.25, -0.2) is 0 Å². The van der Waals surface area contributed by atoms with Gasteiger partial charge in [0.2, 0.25) is 0 Å². The molecule has 0 aliphatic carbocycles. The van der Waals surface area contributed by atoms with Crippen LogP contribution in [-0.2, 0) is 6.42 Å². The second-order valence-electron chi connectivity index (χ2n) is 3.91. The van der Waals surface area contributed by atoms with Gasteiger partial charge in [-0.05, 0) is 35.4 Å². The van der Waals surface area contributed by atoms with Crippen molar-refractivity contribution in [1.82, 2.24) is 0 Å². The fourth-order valence-electron chi connectivity index (χ4n) is 2.04. The summed E-state index contributed by atoms with van der Waals surface area (Å²) in [5, 5.41) is 2.60. The van der Waals surface area contributed by atoms with Crippen molar-refractivity contribution in [2.45, 2.75) is 13.3 Å². The number of aryl methyl sites for hydroxylation is 1. The van der Waals surface area contributed by atoms with E-state index < -0.39 is 0 Å². The lowest BCUT2D eigenvalue weighted by atomic mass is 10.0. The molecule has 0 radical (unpaired) electrons. The molecule has 0 saturated heterocycles. The van der Waals surface area contributed by atoms with Crippen LogP contribution < -0.4 is 4.74 Å². The molecule has 1 aliphatic rings. The van der Waals surface area contributed by atoms with Crippen LogP contribution in [0.15, 0.2) is 30.3 Å². The Morgan fingerprint density at radius 1 is 1.07 bits per heavy atom. The first-order valence-corrected chi connectivity index (χ1v) is 4.99. The molecular formula is C13H12O. The van der Waals surface area contributed by atoms with Gasteiger partial charge in [-0.3, -0.25) is 0 Å². The predicted octanol–water partition coefficient (Wildman–Crippen LogP) is 3.08. The van der Waals surface area contributed by atoms with Crippen LogP contribution in [0.4, 0.5) is 0 Å². The molecule has 1 aliphatic heterocycles. The van der Waals surface area contributed by atoms with Gasteiger partial charge in [0, 0.05) is 6.42 Å². The molecule has 70 valence electrons. The molecule has 0 aromatic heterocycles. The molecule has 1 heteroatoms. The molecule has 3 rings (SSSR count). The van der Waals surface area contributed by atoms with Crippen LogP contribution in [-0.4, -0.2) is 6.61 Å². The van der Waals surface area contributed by atoms with Crippen LogP contribution in [0.3, 0.4) is 0 Å². The normalized spacial score (nSPS) is 14.1. The van der Waals surface area contributed by atoms with E-state index in [2.05, 4.69) is 37.3 Å². The molecular weight excluding hydrogens is 172 g/mol. The van der Waals surface area contributed by atoms with E-state index >= 15 is 0 Å². The number of rotatable bonds is 0. The van der Waals surface area contributed by atoms with Gasteiger partial charge in [0.25, 0.3) is 0 Å². The molecule has 0 fully saturated rings. The van der Waals surface area contributed by atoms with Crippen LogP contribution in [0.2, 0.25) is 0 Å². The van der Waals surface area contributed by atoms with Gasteiger partial charge < -0.3 is 4.74 Å². The highest BCUT2D eigenvalue weighted by Gasteiger charge is 2.12. The summed E-state index contributed by atoms with van der Waals surface area (Å²) in [4.78, 5) is 0. The summed E-state index contributed by atoms with van der Waals surface area (Å²) in [7, 11) is 0. The van der Waals surface area contributed by atoms with E-state index in [1.807, 2.05) is 0 Å². The van der Waals surface area contributed by atoms with E-state index in [1.54, 1.807) is 0 Å². The Morgan fingerprint density at radius 2 is 2.00 bits per heavy atom. The van der Waals surface area contributed by atoms with Gasteiger partial charge in [0.15, 0.2) is 0 Å². The Kier molecular flexibility index (Phi) is 1.54. The summed E-state index contributed by atoms with van der Waals surface area (Å²) in [5.41, 5.74) is 2.67. The van der Waals surface area contributed by atoms with Gasteiger partial charge in [0.05, 0.1) is 6.61 Å². The average molecular weight is 184 g/mol. The first-order valence-electron chi connectivity index (χ1n) is 4.99. The van der Waals surface area contributed by atoms with E-state index in [0.29, 0.717) is 0 Å². The fraction of sp³-hybridized carbons (Fsp3) is 0.231. The summed E-state index contributed by atoms with van der Waals surface area (Å²) in [6, 6.07) is 10.9. The molecule has 0 N–H and O–H groups in total. The largest absolute Gasteiger partial charge is 0.493 e. The standard InChI is InChI=1S/C13H12O/c1-9-2-3-10-8-13-11(4-5-14-13)7-12(10)6-9/h2-3,6-8H,4-5H2,1H3. The van der Waals surface area contributed by atoms with E-state index in [4.69, 9.17) is 4.74 Å². The van der Waals surface area contributed by atoms with Crippen molar-refractivity contribution in [1.29, 1.82) is 0 Å². The second-order valence-corrected chi connectivity index (χ2v) is 3.91. The Morgan fingerprint density at radius 3 is 2.93 bits per heavy atom. The lowest BCUT2D eigenvalue weighted by Crippen LogP contribution is -1.85. The molecule has 0 saturated carbocycles. The molecule has 0 atom stereocenters. The Hall–Kier alpha value is -1.50. The predicted molar refractivity (Wildman–Crippen MR) is 57.9 cm³/mol. The van der Waals surface area contributed by atoms with Gasteiger partial charge in [-0.2, -0.15) is 0 Å². The highest BCUT2D eigenvalue weighted by atomic mass is 16.5. The zero-order chi connectivity index (χ0) is 9.54. The average Bonchev–Trinajstić information content (AvgIpc) is 2.61. The maximum absolute atomic E-state index is 5.54. The van der Waals surface area contributed by atoms with Crippen molar-refractivity contribution in [3.05, 3.63) is 41.5 Å². The monoisotopic (exact) mass is 184 g/mol. The van der Waals surface area contributed by atoms with Gasteiger partial charge >= 0.3 is 0 Å². The molecule has 1 nitrogen and oxygen atoms in total. The van der Waals surface area contributed by atoms with Crippen LogP contribution in [0.5, 0.6) is 5.75 Å². The van der Waals surface area contributed by atoms with Gasteiger partial charge in [-0.15, -0.1) is 0 Å². The number of hydrogen-bond acceptors (Lipinski definition) is 1. The van der Waals surface area contributed by atoms with E-state index in [0.717, 1.165) is 18.8 Å². The van der Waals surface area contributed by atoms with E-state index in [1.165, 1.54) is 21.9 Å². The quantitative estimate of drug-likeness (QED) is 0.611. The van der Waals surface area contributed by atoms with Crippen molar-refractivity contribution in [3.63, 3.8) is 0 Å². The van der Waals surface area contributed by atoms with Crippen LogP contribution >= 0.6 is 0 Å². The molecule has 0 spiro atoms. The molecule has 0 unspecified atom stereocenters. The molecule has 0 bridgehead atoms. The first-order chi connectivity index (χ1) is 6.83. The smallest absolute Gasteiger partial charge is 0.123 e. The lowest BCUT2D eigenvalue weighted by molar-refractivity contribution is 0.357. The highest BCUT2D eigenvalue weighted by Crippen LogP contribution is 2.30. The SMILES string of the molecule is Cc1ccc2cc3c(cc2c1)CCO3. The number of hydrogen-bond donors (Lipinski definition) is 0. The molecule has 2 aromatic carbocycles. The minimum absolute atomic E-state index is 0.838. The maximum Gasteiger partial charge on any atom is 0.123 e. The van der Waals surface area contributed by atoms with Crippen molar-refractivity contribution < 1.29 is 4.74 Å². The third-order valence-electron chi connectivity index (χ3n) is 2.80. The van der Waals surface area contributed by atoms with E-state index in [-0.39, 0.29) is 0 Å². The molecule has 14 heavy (non-hydrogen) atoms. The third kappa shape index (κ3) is 1.09. The Bertz CT molecular complexity index is 500. The van der Waals surface area contributed by atoms with Gasteiger partial charge in [-0.1, -0.05) is 23.8 Å². The van der Waals surface area contributed by atoms with Crippen LogP contribution in [0, 0.1) is 6.92 Å². The van der Waals surface area contributed by atoms with Gasteiger partial charge in [0.1, 0.15) is 5.75 Å². The molecule has 1 heterocycles. The second kappa shape index (κ2) is 2.74. The summed E-state index contributed by atoms with van der Waals surface area (Å²) in [6.07, 6.45) is 1.05. The molecule has 0 amide bonds. The minimum Gasteiger partial charge on any atom is -0.493 e. The topological polar surface area (TPSA) is 9.23 Å². The zero-order valence-corrected chi connectivity index (χ0v) is 8.21. The highest BCUT2D eigenvalue weighted by molar-refractivity contribution is 5.85.